The van der Waals surface area contributed by atoms with Gasteiger partial charge in [0.05, 0.1) is 0 Å². The molecule has 0 aliphatic rings. The monoisotopic (exact) mass is 255 g/mol. The second-order valence-corrected chi connectivity index (χ2v) is 6.28. The maximum absolute atomic E-state index is 11.3. The highest BCUT2D eigenvalue weighted by atomic mass is 32.1. The van der Waals surface area contributed by atoms with Gasteiger partial charge >= 0.3 is 5.97 Å². The number of rotatable bonds is 5. The Hall–Kier alpha value is -0.870. The molecular formula is C13H21NO2S. The zero-order valence-corrected chi connectivity index (χ0v) is 12.0. The average molecular weight is 255 g/mol. The van der Waals surface area contributed by atoms with E-state index in [-0.39, 0.29) is 0 Å². The van der Waals surface area contributed by atoms with Crippen molar-refractivity contribution in [2.45, 2.75) is 46.7 Å². The molecule has 0 saturated carbocycles. The highest BCUT2D eigenvalue weighted by Gasteiger charge is 2.33. The second kappa shape index (κ2) is 5.19. The molecule has 0 radical (unpaired) electrons. The van der Waals surface area contributed by atoms with E-state index in [1.807, 2.05) is 11.8 Å². The molecule has 0 bridgehead atoms. The van der Waals surface area contributed by atoms with Crippen LogP contribution in [0.3, 0.4) is 0 Å². The Morgan fingerprint density at radius 2 is 2.06 bits per heavy atom. The first-order valence-electron chi connectivity index (χ1n) is 5.83. The first kappa shape index (κ1) is 14.2. The molecule has 0 aromatic carbocycles. The summed E-state index contributed by atoms with van der Waals surface area (Å²) in [4.78, 5) is 15.8. The molecule has 96 valence electrons. The van der Waals surface area contributed by atoms with Crippen molar-refractivity contribution in [1.29, 1.82) is 0 Å². The molecule has 0 saturated heterocycles. The average Bonchev–Trinajstić information content (AvgIpc) is 2.53. The number of carboxylic acids is 1. The highest BCUT2D eigenvalue weighted by Crippen LogP contribution is 2.25. The van der Waals surface area contributed by atoms with E-state index < -0.39 is 11.5 Å². The third-order valence-corrected chi connectivity index (χ3v) is 4.21. The van der Waals surface area contributed by atoms with Gasteiger partial charge in [-0.25, -0.2) is 0 Å². The van der Waals surface area contributed by atoms with Crippen LogP contribution in [0.5, 0.6) is 0 Å². The van der Waals surface area contributed by atoms with Gasteiger partial charge in [0, 0.05) is 16.3 Å². The van der Waals surface area contributed by atoms with E-state index in [2.05, 4.69) is 19.9 Å². The largest absolute Gasteiger partial charge is 0.480 e. The summed E-state index contributed by atoms with van der Waals surface area (Å²) in [5.74, 6) is -0.774. The molecule has 0 atom stereocenters. The quantitative estimate of drug-likeness (QED) is 0.879. The highest BCUT2D eigenvalue weighted by molar-refractivity contribution is 7.12. The fraction of sp³-hybridized carbons (Fsp3) is 0.615. The second-order valence-electron chi connectivity index (χ2n) is 4.82. The van der Waals surface area contributed by atoms with E-state index in [0.717, 1.165) is 6.54 Å². The molecule has 17 heavy (non-hydrogen) atoms. The lowest BCUT2D eigenvalue weighted by Gasteiger charge is -2.34. The maximum Gasteiger partial charge on any atom is 0.323 e. The summed E-state index contributed by atoms with van der Waals surface area (Å²) in [6.45, 7) is 11.1. The summed E-state index contributed by atoms with van der Waals surface area (Å²) in [5, 5.41) is 9.26. The summed E-state index contributed by atoms with van der Waals surface area (Å²) in [7, 11) is 0. The predicted molar refractivity (Wildman–Crippen MR) is 71.6 cm³/mol. The van der Waals surface area contributed by atoms with E-state index in [1.165, 1.54) is 15.3 Å². The molecule has 0 unspecified atom stereocenters. The van der Waals surface area contributed by atoms with Crippen LogP contribution in [0.1, 0.15) is 36.1 Å². The lowest BCUT2D eigenvalue weighted by Crippen LogP contribution is -2.49. The minimum Gasteiger partial charge on any atom is -0.480 e. The number of hydrogen-bond donors (Lipinski definition) is 1. The van der Waals surface area contributed by atoms with Gasteiger partial charge in [0.1, 0.15) is 5.54 Å². The minimum atomic E-state index is -0.822. The van der Waals surface area contributed by atoms with Gasteiger partial charge < -0.3 is 5.11 Å². The molecule has 1 aromatic rings. The Kier molecular flexibility index (Phi) is 4.33. The first-order valence-corrected chi connectivity index (χ1v) is 6.65. The minimum absolute atomic E-state index is 0.700. The molecule has 0 fully saturated rings. The Morgan fingerprint density at radius 3 is 2.41 bits per heavy atom. The van der Waals surface area contributed by atoms with Gasteiger partial charge in [0.25, 0.3) is 0 Å². The van der Waals surface area contributed by atoms with Gasteiger partial charge in [-0.3, -0.25) is 9.69 Å². The third kappa shape index (κ3) is 3.07. The summed E-state index contributed by atoms with van der Waals surface area (Å²) < 4.78 is 0. The van der Waals surface area contributed by atoms with Gasteiger partial charge in [0.2, 0.25) is 0 Å². The zero-order chi connectivity index (χ0) is 13.2. The Labute approximate surface area is 107 Å². The number of aryl methyl sites for hydroxylation is 2. The summed E-state index contributed by atoms with van der Waals surface area (Å²) >= 11 is 1.77. The Balaban J connectivity index is 2.91. The van der Waals surface area contributed by atoms with Gasteiger partial charge in [-0.05, 0) is 45.9 Å². The van der Waals surface area contributed by atoms with Crippen LogP contribution in [-0.4, -0.2) is 28.1 Å². The van der Waals surface area contributed by atoms with Gasteiger partial charge in [-0.2, -0.15) is 0 Å². The zero-order valence-electron chi connectivity index (χ0n) is 11.2. The van der Waals surface area contributed by atoms with Crippen molar-refractivity contribution in [3.63, 3.8) is 0 Å². The topological polar surface area (TPSA) is 40.5 Å². The van der Waals surface area contributed by atoms with Crippen LogP contribution < -0.4 is 0 Å². The Morgan fingerprint density at radius 1 is 1.47 bits per heavy atom. The molecule has 0 aliphatic heterocycles. The molecule has 3 nitrogen and oxygen atoms in total. The van der Waals surface area contributed by atoms with Crippen molar-refractivity contribution in [3.05, 3.63) is 21.4 Å². The van der Waals surface area contributed by atoms with E-state index >= 15 is 0 Å². The van der Waals surface area contributed by atoms with E-state index in [0.29, 0.717) is 6.54 Å². The number of carboxylic acid groups (broad SMARTS) is 1. The number of carbonyl (C=O) groups is 1. The molecule has 1 N–H and O–H groups in total. The van der Waals surface area contributed by atoms with Crippen molar-refractivity contribution in [1.82, 2.24) is 4.90 Å². The van der Waals surface area contributed by atoms with Crippen LogP contribution in [0.25, 0.3) is 0 Å². The normalized spacial score (nSPS) is 12.1. The predicted octanol–water partition coefficient (Wildman–Crippen LogP) is 3.05. The van der Waals surface area contributed by atoms with Crippen LogP contribution in [0.15, 0.2) is 6.07 Å². The fourth-order valence-corrected chi connectivity index (χ4v) is 2.82. The molecule has 4 heteroatoms. The smallest absolute Gasteiger partial charge is 0.323 e. The van der Waals surface area contributed by atoms with Crippen LogP contribution >= 0.6 is 11.3 Å². The summed E-state index contributed by atoms with van der Waals surface area (Å²) in [5.41, 5.74) is 0.417. The number of likely N-dealkylation sites (N-methyl/N-ethyl adjacent to an activating group) is 1. The standard InChI is InChI=1S/C13H21NO2S/c1-6-14(13(4,5)12(15)16)8-11-7-9(2)17-10(11)3/h7H,6,8H2,1-5H3,(H,15,16). The fourth-order valence-electron chi connectivity index (χ4n) is 1.89. The van der Waals surface area contributed by atoms with E-state index in [1.54, 1.807) is 25.2 Å². The number of hydrogen-bond acceptors (Lipinski definition) is 3. The molecule has 0 spiro atoms. The molecule has 0 aliphatic carbocycles. The summed E-state index contributed by atoms with van der Waals surface area (Å²) in [6, 6.07) is 2.15. The molecular weight excluding hydrogens is 234 g/mol. The van der Waals surface area contributed by atoms with E-state index in [9.17, 15) is 9.90 Å². The maximum atomic E-state index is 11.3. The molecule has 1 aromatic heterocycles. The van der Waals surface area contributed by atoms with Gasteiger partial charge in [-0.1, -0.05) is 6.92 Å². The van der Waals surface area contributed by atoms with E-state index in [4.69, 9.17) is 0 Å². The van der Waals surface area contributed by atoms with Crippen molar-refractivity contribution < 1.29 is 9.90 Å². The van der Waals surface area contributed by atoms with Crippen LogP contribution in [0.2, 0.25) is 0 Å². The van der Waals surface area contributed by atoms with Crippen molar-refractivity contribution in [2.75, 3.05) is 6.54 Å². The van der Waals surface area contributed by atoms with Crippen molar-refractivity contribution in [3.8, 4) is 0 Å². The third-order valence-electron chi connectivity index (χ3n) is 3.20. The van der Waals surface area contributed by atoms with Crippen LogP contribution in [-0.2, 0) is 11.3 Å². The molecule has 1 rings (SSSR count). The van der Waals surface area contributed by atoms with Crippen LogP contribution in [0, 0.1) is 13.8 Å². The van der Waals surface area contributed by atoms with Crippen molar-refractivity contribution >= 4 is 17.3 Å². The lowest BCUT2D eigenvalue weighted by molar-refractivity contribution is -0.149. The summed E-state index contributed by atoms with van der Waals surface area (Å²) in [6.07, 6.45) is 0. The number of thiophene rings is 1. The van der Waals surface area contributed by atoms with Gasteiger partial charge in [-0.15, -0.1) is 11.3 Å². The number of nitrogens with zero attached hydrogens (tertiary/aromatic N) is 1. The van der Waals surface area contributed by atoms with Crippen molar-refractivity contribution in [2.24, 2.45) is 0 Å². The number of aliphatic carboxylic acids is 1. The first-order chi connectivity index (χ1) is 7.78. The van der Waals surface area contributed by atoms with Crippen LogP contribution in [0.4, 0.5) is 0 Å². The molecule has 1 heterocycles. The Bertz CT molecular complexity index is 410. The SMILES string of the molecule is CCN(Cc1cc(C)sc1C)C(C)(C)C(=O)O. The van der Waals surface area contributed by atoms with Gasteiger partial charge in [0.15, 0.2) is 0 Å². The molecule has 0 amide bonds. The lowest BCUT2D eigenvalue weighted by atomic mass is 10.0.